The molecule has 10 nitrogen and oxygen atoms in total. The van der Waals surface area contributed by atoms with Gasteiger partial charge in [-0.1, -0.05) is 0 Å². The number of hydrogen-bond donors (Lipinski definition) is 2. The van der Waals surface area contributed by atoms with E-state index in [-0.39, 0.29) is 24.6 Å². The Bertz CT molecular complexity index is 890. The minimum Gasteiger partial charge on any atom is -0.504 e. The van der Waals surface area contributed by atoms with Gasteiger partial charge in [-0.3, -0.25) is 4.79 Å². The van der Waals surface area contributed by atoms with E-state index in [0.717, 1.165) is 0 Å². The molecule has 0 saturated carbocycles. The molecule has 0 unspecified atom stereocenters. The molecule has 0 saturated heterocycles. The van der Waals surface area contributed by atoms with E-state index >= 15 is 0 Å². The van der Waals surface area contributed by atoms with Crippen molar-refractivity contribution in [3.63, 3.8) is 0 Å². The van der Waals surface area contributed by atoms with Gasteiger partial charge in [0.05, 0.1) is 20.2 Å². The molecule has 2 N–H and O–H groups in total. The first-order valence-electron chi connectivity index (χ1n) is 7.88. The maximum atomic E-state index is 11.9. The van der Waals surface area contributed by atoms with Gasteiger partial charge in [-0.05, 0) is 35.5 Å². The van der Waals surface area contributed by atoms with Crippen LogP contribution in [-0.4, -0.2) is 43.3 Å². The molecule has 0 aliphatic carbocycles. The van der Waals surface area contributed by atoms with Gasteiger partial charge in [0.1, 0.15) is 17.8 Å². The summed E-state index contributed by atoms with van der Waals surface area (Å²) in [6, 6.07) is 4.82. The molecule has 0 aliphatic rings. The predicted molar refractivity (Wildman–Crippen MR) is 89.2 cm³/mol. The predicted octanol–water partition coefficient (Wildman–Crippen LogP) is 1.06. The number of carbonyl (C=O) groups excluding carboxylic acids is 1. The number of methoxy groups -OCH3 is 1. The maximum absolute atomic E-state index is 11.9. The highest BCUT2D eigenvalue weighted by Gasteiger charge is 2.14. The lowest BCUT2D eigenvalue weighted by Gasteiger charge is -2.04. The van der Waals surface area contributed by atoms with E-state index in [4.69, 9.17) is 9.15 Å². The lowest BCUT2D eigenvalue weighted by Crippen LogP contribution is -2.24. The molecular weight excluding hydrogens is 340 g/mol. The van der Waals surface area contributed by atoms with Crippen LogP contribution in [-0.2, 0) is 17.9 Å². The molecule has 0 bridgehead atoms. The first kappa shape index (κ1) is 17.4. The van der Waals surface area contributed by atoms with Gasteiger partial charge < -0.3 is 19.6 Å². The minimum absolute atomic E-state index is 0.0367. The second-order valence-corrected chi connectivity index (χ2v) is 5.51. The van der Waals surface area contributed by atoms with Crippen molar-refractivity contribution in [3.8, 4) is 23.0 Å². The van der Waals surface area contributed by atoms with Crippen molar-refractivity contribution in [3.05, 3.63) is 36.0 Å². The van der Waals surface area contributed by atoms with E-state index in [1.165, 1.54) is 24.2 Å². The minimum atomic E-state index is -0.143. The van der Waals surface area contributed by atoms with E-state index in [2.05, 4.69) is 25.8 Å². The molecule has 0 aliphatic heterocycles. The lowest BCUT2D eigenvalue weighted by atomic mass is 10.2. The second kappa shape index (κ2) is 7.64. The second-order valence-electron chi connectivity index (χ2n) is 5.51. The molecule has 2 aromatic heterocycles. The summed E-state index contributed by atoms with van der Waals surface area (Å²) in [4.78, 5) is 16.3. The van der Waals surface area contributed by atoms with Crippen LogP contribution < -0.4 is 10.1 Å². The number of tetrazole rings is 1. The van der Waals surface area contributed by atoms with Gasteiger partial charge in [0.25, 0.3) is 0 Å². The highest BCUT2D eigenvalue weighted by atomic mass is 16.5. The molecule has 0 radical (unpaired) electrons. The number of hydrogen-bond acceptors (Lipinski definition) is 8. The number of rotatable bonds is 7. The average molecular weight is 358 g/mol. The molecule has 1 aromatic carbocycles. The number of ether oxygens (including phenoxy) is 1. The molecule has 0 fully saturated rings. The maximum Gasteiger partial charge on any atom is 0.226 e. The van der Waals surface area contributed by atoms with Crippen molar-refractivity contribution in [1.82, 2.24) is 30.5 Å². The quantitative estimate of drug-likeness (QED) is 0.641. The van der Waals surface area contributed by atoms with Gasteiger partial charge >= 0.3 is 0 Å². The van der Waals surface area contributed by atoms with Gasteiger partial charge in [0.15, 0.2) is 11.5 Å². The Labute approximate surface area is 148 Å². The first-order valence-corrected chi connectivity index (χ1v) is 7.88. The molecule has 3 aromatic rings. The van der Waals surface area contributed by atoms with Crippen molar-refractivity contribution >= 4 is 5.91 Å². The number of benzene rings is 1. The van der Waals surface area contributed by atoms with Crippen LogP contribution in [0.3, 0.4) is 0 Å². The average Bonchev–Trinajstić information content (AvgIpc) is 3.28. The summed E-state index contributed by atoms with van der Waals surface area (Å²) in [6.07, 6.45) is 1.71. The Morgan fingerprint density at radius 1 is 1.42 bits per heavy atom. The number of phenols is 1. The number of aromatic hydroxyl groups is 1. The molecule has 136 valence electrons. The fourth-order valence-corrected chi connectivity index (χ4v) is 2.30. The zero-order chi connectivity index (χ0) is 18.5. The van der Waals surface area contributed by atoms with Crippen molar-refractivity contribution in [2.45, 2.75) is 26.4 Å². The van der Waals surface area contributed by atoms with Gasteiger partial charge in [-0.25, -0.2) is 9.67 Å². The Morgan fingerprint density at radius 2 is 2.27 bits per heavy atom. The van der Waals surface area contributed by atoms with E-state index in [1.807, 2.05) is 0 Å². The zero-order valence-electron chi connectivity index (χ0n) is 14.3. The fraction of sp³-hybridized carbons (Fsp3) is 0.312. The number of aryl methyl sites for hydroxylation is 2. The normalized spacial score (nSPS) is 10.7. The smallest absolute Gasteiger partial charge is 0.226 e. The monoisotopic (exact) mass is 358 g/mol. The SMILES string of the molecule is COc1cc(-c2nc(CNC(=O)CCn3cnnn3)c(C)o2)ccc1O. The number of nitrogens with one attached hydrogen (secondary N) is 1. The largest absolute Gasteiger partial charge is 0.504 e. The number of nitrogens with zero attached hydrogens (tertiary/aromatic N) is 5. The first-order chi connectivity index (χ1) is 12.6. The van der Waals surface area contributed by atoms with E-state index in [1.54, 1.807) is 19.1 Å². The van der Waals surface area contributed by atoms with Crippen LogP contribution in [0.2, 0.25) is 0 Å². The summed E-state index contributed by atoms with van der Waals surface area (Å²) in [5, 5.41) is 23.2. The summed E-state index contributed by atoms with van der Waals surface area (Å²) < 4.78 is 12.2. The van der Waals surface area contributed by atoms with Crippen LogP contribution in [0.15, 0.2) is 28.9 Å². The third-order valence-corrected chi connectivity index (χ3v) is 3.73. The molecule has 0 atom stereocenters. The summed E-state index contributed by atoms with van der Waals surface area (Å²) in [6.45, 7) is 2.42. The van der Waals surface area contributed by atoms with Crippen molar-refractivity contribution in [2.24, 2.45) is 0 Å². The third kappa shape index (κ3) is 3.97. The lowest BCUT2D eigenvalue weighted by molar-refractivity contribution is -0.121. The van der Waals surface area contributed by atoms with Crippen LogP contribution in [0.4, 0.5) is 0 Å². The van der Waals surface area contributed by atoms with Crippen molar-refractivity contribution in [1.29, 1.82) is 0 Å². The van der Waals surface area contributed by atoms with Crippen molar-refractivity contribution < 1.29 is 19.1 Å². The van der Waals surface area contributed by atoms with Gasteiger partial charge in [-0.15, -0.1) is 5.10 Å². The third-order valence-electron chi connectivity index (χ3n) is 3.73. The Morgan fingerprint density at radius 3 is 3.00 bits per heavy atom. The van der Waals surface area contributed by atoms with Gasteiger partial charge in [-0.2, -0.15) is 0 Å². The molecule has 3 rings (SSSR count). The summed E-state index contributed by atoms with van der Waals surface area (Å²) in [5.74, 6) is 1.22. The molecule has 26 heavy (non-hydrogen) atoms. The Hall–Kier alpha value is -3.43. The molecule has 10 heteroatoms. The Kier molecular flexibility index (Phi) is 5.11. The topological polar surface area (TPSA) is 128 Å². The number of carbonyl (C=O) groups is 1. The van der Waals surface area contributed by atoms with Gasteiger partial charge in [0.2, 0.25) is 11.8 Å². The number of oxazole rings is 1. The van der Waals surface area contributed by atoms with E-state index in [0.29, 0.717) is 35.2 Å². The standard InChI is InChI=1S/C16H18N6O4/c1-10-12(8-17-15(24)5-6-22-9-18-20-21-22)19-16(26-10)11-3-4-13(23)14(7-11)25-2/h3-4,7,9,23H,5-6,8H2,1-2H3,(H,17,24). The highest BCUT2D eigenvalue weighted by molar-refractivity contribution is 5.75. The van der Waals surface area contributed by atoms with Gasteiger partial charge in [0, 0.05) is 12.0 Å². The van der Waals surface area contributed by atoms with Crippen LogP contribution in [0.5, 0.6) is 11.5 Å². The van der Waals surface area contributed by atoms with Crippen molar-refractivity contribution in [2.75, 3.05) is 7.11 Å². The number of amides is 1. The van der Waals surface area contributed by atoms with E-state index < -0.39 is 0 Å². The van der Waals surface area contributed by atoms with E-state index in [9.17, 15) is 9.90 Å². The molecule has 1 amide bonds. The molecular formula is C16H18N6O4. The molecule has 0 spiro atoms. The number of aromatic nitrogens is 5. The summed E-state index contributed by atoms with van der Waals surface area (Å²) in [7, 11) is 1.47. The highest BCUT2D eigenvalue weighted by Crippen LogP contribution is 2.31. The van der Waals surface area contributed by atoms with Crippen LogP contribution >= 0.6 is 0 Å². The number of phenolic OH excluding ortho intramolecular Hbond substituents is 1. The Balaban J connectivity index is 1.62. The summed E-state index contributed by atoms with van der Waals surface area (Å²) in [5.41, 5.74) is 1.29. The molecule has 2 heterocycles. The zero-order valence-corrected chi connectivity index (χ0v) is 14.3. The van der Waals surface area contributed by atoms with Crippen LogP contribution in [0.1, 0.15) is 17.9 Å². The van der Waals surface area contributed by atoms with Crippen LogP contribution in [0, 0.1) is 6.92 Å². The fourth-order valence-electron chi connectivity index (χ4n) is 2.30. The summed E-state index contributed by atoms with van der Waals surface area (Å²) >= 11 is 0. The van der Waals surface area contributed by atoms with Crippen LogP contribution in [0.25, 0.3) is 11.5 Å².